The average Bonchev–Trinajstić information content (AvgIpc) is 2.18. The molecule has 0 radical (unpaired) electrons. The van der Waals surface area contributed by atoms with Crippen molar-refractivity contribution in [3.63, 3.8) is 0 Å². The lowest BCUT2D eigenvalue weighted by Gasteiger charge is -2.18. The third kappa shape index (κ3) is 7.25. The van der Waals surface area contributed by atoms with Crippen molar-refractivity contribution in [2.75, 3.05) is 24.6 Å². The fraction of sp³-hybridized carbons (Fsp3) is 0.800. The standard InChI is InChI=1S/C10H19NO3S/c1-3-11(4-2)9(12)6-5-7-15-8-10(13)14/h3-8H2,1-2H3,(H,13,14). The van der Waals surface area contributed by atoms with Gasteiger partial charge in [-0.05, 0) is 26.0 Å². The van der Waals surface area contributed by atoms with Crippen molar-refractivity contribution in [3.8, 4) is 0 Å². The number of rotatable bonds is 8. The molecule has 5 heteroatoms. The summed E-state index contributed by atoms with van der Waals surface area (Å²) in [5.41, 5.74) is 0. The molecule has 0 saturated carbocycles. The van der Waals surface area contributed by atoms with E-state index in [1.54, 1.807) is 4.90 Å². The van der Waals surface area contributed by atoms with Gasteiger partial charge in [0.25, 0.3) is 0 Å². The highest BCUT2D eigenvalue weighted by Crippen LogP contribution is 2.06. The minimum absolute atomic E-state index is 0.124. The molecule has 1 amide bonds. The van der Waals surface area contributed by atoms with Crippen LogP contribution in [0.5, 0.6) is 0 Å². The van der Waals surface area contributed by atoms with Gasteiger partial charge in [-0.25, -0.2) is 0 Å². The molecule has 0 bridgehead atoms. The predicted molar refractivity (Wildman–Crippen MR) is 62.1 cm³/mol. The summed E-state index contributed by atoms with van der Waals surface area (Å²) >= 11 is 1.36. The molecule has 0 rings (SSSR count). The summed E-state index contributed by atoms with van der Waals surface area (Å²) in [5.74, 6) is 0.227. The lowest BCUT2D eigenvalue weighted by molar-refractivity contribution is -0.134. The van der Waals surface area contributed by atoms with Gasteiger partial charge in [0.1, 0.15) is 0 Å². The van der Waals surface area contributed by atoms with Gasteiger partial charge in [-0.3, -0.25) is 9.59 Å². The van der Waals surface area contributed by atoms with E-state index in [2.05, 4.69) is 0 Å². The van der Waals surface area contributed by atoms with Crippen molar-refractivity contribution in [1.29, 1.82) is 0 Å². The number of hydrogen-bond acceptors (Lipinski definition) is 3. The molecule has 0 heterocycles. The molecule has 0 unspecified atom stereocenters. The van der Waals surface area contributed by atoms with Gasteiger partial charge in [-0.1, -0.05) is 0 Å². The Balaban J connectivity index is 3.50. The van der Waals surface area contributed by atoms with Crippen molar-refractivity contribution >= 4 is 23.6 Å². The SMILES string of the molecule is CCN(CC)C(=O)CCCSCC(=O)O. The van der Waals surface area contributed by atoms with Gasteiger partial charge in [-0.2, -0.15) is 11.8 Å². The Kier molecular flexibility index (Phi) is 8.18. The van der Waals surface area contributed by atoms with E-state index < -0.39 is 5.97 Å². The molecule has 0 spiro atoms. The molecule has 0 aliphatic rings. The molecular weight excluding hydrogens is 214 g/mol. The highest BCUT2D eigenvalue weighted by atomic mass is 32.2. The van der Waals surface area contributed by atoms with Crippen LogP contribution in [0.2, 0.25) is 0 Å². The highest BCUT2D eigenvalue weighted by Gasteiger charge is 2.08. The van der Waals surface area contributed by atoms with E-state index in [9.17, 15) is 9.59 Å². The Morgan fingerprint density at radius 2 is 1.87 bits per heavy atom. The van der Waals surface area contributed by atoms with Crippen molar-refractivity contribution in [3.05, 3.63) is 0 Å². The Bertz CT molecular complexity index is 205. The van der Waals surface area contributed by atoms with Gasteiger partial charge < -0.3 is 10.0 Å². The van der Waals surface area contributed by atoms with Gasteiger partial charge in [0.2, 0.25) is 5.91 Å². The fourth-order valence-corrected chi connectivity index (χ4v) is 1.89. The van der Waals surface area contributed by atoms with Crippen LogP contribution >= 0.6 is 11.8 Å². The molecule has 1 N–H and O–H groups in total. The van der Waals surface area contributed by atoms with Crippen molar-refractivity contribution in [2.24, 2.45) is 0 Å². The Morgan fingerprint density at radius 3 is 2.33 bits per heavy atom. The quantitative estimate of drug-likeness (QED) is 0.645. The zero-order valence-corrected chi connectivity index (χ0v) is 10.2. The fourth-order valence-electron chi connectivity index (χ4n) is 1.22. The summed E-state index contributed by atoms with van der Waals surface area (Å²) in [5, 5.41) is 8.39. The second kappa shape index (κ2) is 8.59. The van der Waals surface area contributed by atoms with Crippen LogP contribution in [0.25, 0.3) is 0 Å². The zero-order valence-electron chi connectivity index (χ0n) is 9.36. The number of hydrogen-bond donors (Lipinski definition) is 1. The Morgan fingerprint density at radius 1 is 1.27 bits per heavy atom. The third-order valence-electron chi connectivity index (χ3n) is 2.02. The van der Waals surface area contributed by atoms with Gasteiger partial charge in [0.05, 0.1) is 5.75 Å². The van der Waals surface area contributed by atoms with Crippen LogP contribution in [0, 0.1) is 0 Å². The minimum atomic E-state index is -0.796. The Labute approximate surface area is 95.0 Å². The van der Waals surface area contributed by atoms with Crippen LogP contribution < -0.4 is 0 Å². The van der Waals surface area contributed by atoms with E-state index in [0.29, 0.717) is 6.42 Å². The molecule has 4 nitrogen and oxygen atoms in total. The van der Waals surface area contributed by atoms with E-state index in [-0.39, 0.29) is 11.7 Å². The molecule has 15 heavy (non-hydrogen) atoms. The van der Waals surface area contributed by atoms with Crippen LogP contribution in [0.15, 0.2) is 0 Å². The molecule has 0 aromatic heterocycles. The summed E-state index contributed by atoms with van der Waals surface area (Å²) in [6.45, 7) is 5.41. The molecule has 0 aromatic carbocycles. The predicted octanol–water partition coefficient (Wildman–Crippen LogP) is 1.45. The number of carbonyl (C=O) groups excluding carboxylic acids is 1. The number of carboxylic acids is 1. The summed E-state index contributed by atoms with van der Waals surface area (Å²) in [6, 6.07) is 0. The first kappa shape index (κ1) is 14.3. The van der Waals surface area contributed by atoms with Crippen molar-refractivity contribution in [1.82, 2.24) is 4.90 Å². The lowest BCUT2D eigenvalue weighted by Crippen LogP contribution is -2.30. The first-order chi connectivity index (χ1) is 7.11. The molecule has 0 aliphatic carbocycles. The first-order valence-corrected chi connectivity index (χ1v) is 6.34. The van der Waals surface area contributed by atoms with Crippen LogP contribution in [0.3, 0.4) is 0 Å². The smallest absolute Gasteiger partial charge is 0.313 e. The number of amides is 1. The van der Waals surface area contributed by atoms with Crippen molar-refractivity contribution < 1.29 is 14.7 Å². The second-order valence-corrected chi connectivity index (χ2v) is 4.22. The number of carbonyl (C=O) groups is 2. The number of thioether (sulfide) groups is 1. The largest absolute Gasteiger partial charge is 0.481 e. The van der Waals surface area contributed by atoms with E-state index >= 15 is 0 Å². The number of aliphatic carboxylic acids is 1. The third-order valence-corrected chi connectivity index (χ3v) is 3.05. The van der Waals surface area contributed by atoms with Crippen LogP contribution in [0.1, 0.15) is 26.7 Å². The second-order valence-electron chi connectivity index (χ2n) is 3.12. The van der Waals surface area contributed by atoms with Crippen molar-refractivity contribution in [2.45, 2.75) is 26.7 Å². The molecule has 88 valence electrons. The summed E-state index contributed by atoms with van der Waals surface area (Å²) < 4.78 is 0. The van der Waals surface area contributed by atoms with Gasteiger partial charge in [0.15, 0.2) is 0 Å². The van der Waals surface area contributed by atoms with Gasteiger partial charge in [0, 0.05) is 19.5 Å². The summed E-state index contributed by atoms with van der Waals surface area (Å²) in [7, 11) is 0. The van der Waals surface area contributed by atoms with E-state index in [4.69, 9.17) is 5.11 Å². The maximum Gasteiger partial charge on any atom is 0.313 e. The molecule has 0 fully saturated rings. The maximum atomic E-state index is 11.5. The van der Waals surface area contributed by atoms with Gasteiger partial charge in [-0.15, -0.1) is 0 Å². The van der Waals surface area contributed by atoms with E-state index in [0.717, 1.165) is 25.3 Å². The van der Waals surface area contributed by atoms with Crippen LogP contribution in [-0.4, -0.2) is 46.5 Å². The topological polar surface area (TPSA) is 57.6 Å². The lowest BCUT2D eigenvalue weighted by atomic mass is 10.3. The minimum Gasteiger partial charge on any atom is -0.481 e. The maximum absolute atomic E-state index is 11.5. The Hall–Kier alpha value is -0.710. The summed E-state index contributed by atoms with van der Waals surface area (Å²) in [4.78, 5) is 23.5. The first-order valence-electron chi connectivity index (χ1n) is 5.19. The zero-order chi connectivity index (χ0) is 11.7. The van der Waals surface area contributed by atoms with Gasteiger partial charge >= 0.3 is 5.97 Å². The summed E-state index contributed by atoms with van der Waals surface area (Å²) in [6.07, 6.45) is 1.28. The number of nitrogens with zero attached hydrogens (tertiary/aromatic N) is 1. The molecular formula is C10H19NO3S. The van der Waals surface area contributed by atoms with Crippen LogP contribution in [-0.2, 0) is 9.59 Å². The molecule has 0 atom stereocenters. The van der Waals surface area contributed by atoms with E-state index in [1.165, 1.54) is 11.8 Å². The normalized spacial score (nSPS) is 10.0. The monoisotopic (exact) mass is 233 g/mol. The van der Waals surface area contributed by atoms with Crippen LogP contribution in [0.4, 0.5) is 0 Å². The molecule has 0 aliphatic heterocycles. The molecule has 0 saturated heterocycles. The highest BCUT2D eigenvalue weighted by molar-refractivity contribution is 7.99. The van der Waals surface area contributed by atoms with E-state index in [1.807, 2.05) is 13.8 Å². The average molecular weight is 233 g/mol. The molecule has 0 aromatic rings. The number of carboxylic acid groups (broad SMARTS) is 1.